The van der Waals surface area contributed by atoms with Crippen LogP contribution in [0.4, 0.5) is 0 Å². The van der Waals surface area contributed by atoms with Crippen molar-refractivity contribution in [3.63, 3.8) is 0 Å². The van der Waals surface area contributed by atoms with E-state index in [1.54, 1.807) is 11.3 Å². The van der Waals surface area contributed by atoms with E-state index in [1.165, 1.54) is 85.6 Å². The highest BCUT2D eigenvalue weighted by Gasteiger charge is 1.95. The maximum Gasteiger partial charge on any atom is -0.00611 e. The van der Waals surface area contributed by atoms with E-state index in [2.05, 4.69) is 75.7 Å². The number of rotatable bonds is 13. The lowest BCUT2D eigenvalue weighted by Crippen LogP contribution is -1.83. The normalized spacial score (nSPS) is 14.1. The molecule has 0 fully saturated rings. The van der Waals surface area contributed by atoms with Crippen LogP contribution in [0.3, 0.4) is 0 Å². The molecule has 0 N–H and O–H groups in total. The van der Waals surface area contributed by atoms with Gasteiger partial charge in [-0.1, -0.05) is 53.5 Å². The van der Waals surface area contributed by atoms with Gasteiger partial charge in [-0.3, -0.25) is 0 Å². The summed E-state index contributed by atoms with van der Waals surface area (Å²) < 4.78 is 0. The van der Waals surface area contributed by atoms with Gasteiger partial charge in [-0.05, 0) is 108 Å². The van der Waals surface area contributed by atoms with Crippen molar-refractivity contribution in [1.29, 1.82) is 0 Å². The van der Waals surface area contributed by atoms with Crippen LogP contribution in [0, 0.1) is 0 Å². The van der Waals surface area contributed by atoms with Gasteiger partial charge in [-0.25, -0.2) is 0 Å². The zero-order valence-corrected chi connectivity index (χ0v) is 19.1. The fourth-order valence-corrected chi connectivity index (χ4v) is 3.71. The topological polar surface area (TPSA) is 0 Å². The molecule has 0 saturated heterocycles. The van der Waals surface area contributed by atoms with Crippen molar-refractivity contribution in [2.75, 3.05) is 0 Å². The number of thiophene rings is 1. The fourth-order valence-electron chi connectivity index (χ4n) is 3.01. The van der Waals surface area contributed by atoms with Gasteiger partial charge < -0.3 is 0 Å². The van der Waals surface area contributed by atoms with Gasteiger partial charge in [0.25, 0.3) is 0 Å². The highest BCUT2D eigenvalue weighted by molar-refractivity contribution is 7.07. The maximum absolute atomic E-state index is 2.44. The van der Waals surface area contributed by atoms with Gasteiger partial charge in [0.1, 0.15) is 0 Å². The Morgan fingerprint density at radius 2 is 1.22 bits per heavy atom. The summed E-state index contributed by atoms with van der Waals surface area (Å²) >= 11 is 1.79. The average molecular weight is 385 g/mol. The van der Waals surface area contributed by atoms with Crippen LogP contribution < -0.4 is 0 Å². The van der Waals surface area contributed by atoms with Crippen molar-refractivity contribution in [1.82, 2.24) is 0 Å². The van der Waals surface area contributed by atoms with Gasteiger partial charge in [0.05, 0.1) is 0 Å². The lowest BCUT2D eigenvalue weighted by atomic mass is 10.0. The molecule has 0 aliphatic carbocycles. The van der Waals surface area contributed by atoms with Crippen LogP contribution in [0.15, 0.2) is 63.4 Å². The second-order valence-electron chi connectivity index (χ2n) is 7.84. The number of hydrogen-bond acceptors (Lipinski definition) is 1. The van der Waals surface area contributed by atoms with Gasteiger partial charge in [0, 0.05) is 0 Å². The van der Waals surface area contributed by atoms with E-state index in [0.29, 0.717) is 0 Å². The Morgan fingerprint density at radius 1 is 0.741 bits per heavy atom. The number of hydrogen-bond donors (Lipinski definition) is 0. The fraction of sp³-hybridized carbons (Fsp3) is 0.538. The highest BCUT2D eigenvalue weighted by Crippen LogP contribution is 2.15. The van der Waals surface area contributed by atoms with Crippen molar-refractivity contribution < 1.29 is 0 Å². The van der Waals surface area contributed by atoms with Crippen LogP contribution in [0.1, 0.15) is 91.5 Å². The average Bonchev–Trinajstić information content (AvgIpc) is 3.15. The zero-order chi connectivity index (χ0) is 19.9. The molecule has 0 spiro atoms. The van der Waals surface area contributed by atoms with Gasteiger partial charge in [-0.15, -0.1) is 0 Å². The van der Waals surface area contributed by atoms with E-state index < -0.39 is 0 Å². The van der Waals surface area contributed by atoms with E-state index in [-0.39, 0.29) is 0 Å². The van der Waals surface area contributed by atoms with Crippen molar-refractivity contribution in [2.45, 2.75) is 92.4 Å². The largest absolute Gasteiger partial charge is 0.152 e. The molecular weight excluding hydrogens is 344 g/mol. The molecule has 0 nitrogen and oxygen atoms in total. The smallest absolute Gasteiger partial charge is 0.00611 e. The second kappa shape index (κ2) is 14.7. The van der Waals surface area contributed by atoms with Crippen molar-refractivity contribution >= 4 is 11.3 Å². The third-order valence-corrected chi connectivity index (χ3v) is 5.89. The number of aryl methyl sites for hydroxylation is 1. The van der Waals surface area contributed by atoms with Gasteiger partial charge in [0.15, 0.2) is 0 Å². The Bertz CT molecular complexity index is 623. The lowest BCUT2D eigenvalue weighted by Gasteiger charge is -2.03. The molecule has 1 heterocycles. The summed E-state index contributed by atoms with van der Waals surface area (Å²) in [4.78, 5) is 0. The van der Waals surface area contributed by atoms with Crippen LogP contribution in [0.25, 0.3) is 0 Å². The first kappa shape index (κ1) is 23.7. The van der Waals surface area contributed by atoms with Crippen LogP contribution in [-0.4, -0.2) is 0 Å². The standard InChI is InChI=1S/C26H40S/c1-6-22(2)11-7-12-23(3)13-8-14-24(4)15-9-16-25(5)17-10-18-26-19-20-27-21-26/h11,13,15,17,19-21H,6-10,12,14,16,18H2,1-5H3. The van der Waals surface area contributed by atoms with Crippen LogP contribution >= 0.6 is 11.3 Å². The molecule has 0 aliphatic heterocycles. The molecule has 1 heteroatoms. The second-order valence-corrected chi connectivity index (χ2v) is 8.62. The molecule has 0 bridgehead atoms. The molecule has 1 rings (SSSR count). The highest BCUT2D eigenvalue weighted by atomic mass is 32.1. The van der Waals surface area contributed by atoms with Crippen molar-refractivity contribution in [2.24, 2.45) is 0 Å². The predicted octanol–water partition coefficient (Wildman–Crippen LogP) is 9.22. The molecule has 1 aromatic heterocycles. The predicted molar refractivity (Wildman–Crippen MR) is 126 cm³/mol. The van der Waals surface area contributed by atoms with Crippen molar-refractivity contribution in [3.05, 3.63) is 69.0 Å². The SMILES string of the molecule is CCC(C)=CCCC(C)=CCCC(C)=CCCC(C)=CCCc1ccsc1. The summed E-state index contributed by atoms with van der Waals surface area (Å²) in [7, 11) is 0. The molecule has 0 atom stereocenters. The monoisotopic (exact) mass is 384 g/mol. The van der Waals surface area contributed by atoms with Gasteiger partial charge in [0.2, 0.25) is 0 Å². The summed E-state index contributed by atoms with van der Waals surface area (Å²) in [5.41, 5.74) is 7.58. The summed E-state index contributed by atoms with van der Waals surface area (Å²) in [5.74, 6) is 0. The quantitative estimate of drug-likeness (QED) is 0.297. The number of allylic oxidation sites excluding steroid dienone is 8. The summed E-state index contributed by atoms with van der Waals surface area (Å²) in [6, 6.07) is 2.24. The van der Waals surface area contributed by atoms with E-state index in [4.69, 9.17) is 0 Å². The molecule has 0 aliphatic rings. The minimum Gasteiger partial charge on any atom is -0.152 e. The Hall–Kier alpha value is -1.34. The minimum atomic E-state index is 1.17. The summed E-state index contributed by atoms with van der Waals surface area (Å²) in [6.45, 7) is 11.3. The van der Waals surface area contributed by atoms with Crippen molar-refractivity contribution in [3.8, 4) is 0 Å². The summed E-state index contributed by atoms with van der Waals surface area (Å²) in [5, 5.41) is 4.43. The first-order chi connectivity index (χ1) is 13.0. The van der Waals surface area contributed by atoms with Crippen LogP contribution in [0.2, 0.25) is 0 Å². The molecule has 150 valence electrons. The van der Waals surface area contributed by atoms with E-state index in [1.807, 2.05) is 0 Å². The molecule has 0 unspecified atom stereocenters. The Morgan fingerprint density at radius 3 is 1.67 bits per heavy atom. The molecule has 27 heavy (non-hydrogen) atoms. The molecular formula is C26H40S. The molecule has 1 aromatic rings. The van der Waals surface area contributed by atoms with Gasteiger partial charge >= 0.3 is 0 Å². The van der Waals surface area contributed by atoms with E-state index >= 15 is 0 Å². The molecule has 0 radical (unpaired) electrons. The third kappa shape index (κ3) is 12.6. The Balaban J connectivity index is 2.19. The lowest BCUT2D eigenvalue weighted by molar-refractivity contribution is 0.892. The minimum absolute atomic E-state index is 1.17. The molecule has 0 aromatic carbocycles. The van der Waals surface area contributed by atoms with E-state index in [0.717, 1.165) is 0 Å². The van der Waals surface area contributed by atoms with E-state index in [9.17, 15) is 0 Å². The Labute approximate surface area is 172 Å². The maximum atomic E-state index is 2.44. The first-order valence-electron chi connectivity index (χ1n) is 10.6. The van der Waals surface area contributed by atoms with Crippen LogP contribution in [0.5, 0.6) is 0 Å². The van der Waals surface area contributed by atoms with Crippen LogP contribution in [-0.2, 0) is 6.42 Å². The summed E-state index contributed by atoms with van der Waals surface area (Å²) in [6.07, 6.45) is 20.3. The molecule has 0 saturated carbocycles. The Kier molecular flexibility index (Phi) is 12.9. The third-order valence-electron chi connectivity index (χ3n) is 5.16. The van der Waals surface area contributed by atoms with Gasteiger partial charge in [-0.2, -0.15) is 11.3 Å². The molecule has 0 amide bonds. The first-order valence-corrected chi connectivity index (χ1v) is 11.6. The zero-order valence-electron chi connectivity index (χ0n) is 18.3.